The van der Waals surface area contributed by atoms with Crippen LogP contribution in [0, 0.1) is 0 Å². The number of likely N-dealkylation sites (tertiary alicyclic amines) is 2. The van der Waals surface area contributed by atoms with Gasteiger partial charge in [0.05, 0.1) is 12.5 Å². The second-order valence-corrected chi connectivity index (χ2v) is 22.3. The minimum atomic E-state index is -1.85. The smallest absolute Gasteiger partial charge is 0.327 e. The van der Waals surface area contributed by atoms with Crippen LogP contribution in [0.4, 0.5) is 0 Å². The van der Waals surface area contributed by atoms with Crippen LogP contribution < -0.4 is 71.6 Å². The Morgan fingerprint density at radius 1 is 0.575 bits per heavy atom. The molecule has 1 aromatic heterocycles. The third-order valence-corrected chi connectivity index (χ3v) is 15.8. The molecule has 3 heterocycles. The highest BCUT2D eigenvalue weighted by Gasteiger charge is 2.42. The molecule has 9 amide bonds. The van der Waals surface area contributed by atoms with E-state index < -0.39 is 132 Å². The predicted octanol–water partition coefficient (Wildman–Crippen LogP) is -3.73. The first kappa shape index (κ1) is 72.2. The molecule has 22 N–H and O–H groups in total. The number of guanidine groups is 1. The first-order chi connectivity index (χ1) is 41.6. The van der Waals surface area contributed by atoms with Crippen molar-refractivity contribution in [1.82, 2.24) is 52.0 Å². The molecule has 4 rings (SSSR count). The van der Waals surface area contributed by atoms with Crippen LogP contribution in [-0.2, 0) is 59.2 Å². The average molecular weight is 1260 g/mol. The van der Waals surface area contributed by atoms with Crippen LogP contribution in [0.1, 0.15) is 108 Å². The number of hydrogen-bond donors (Lipinski definition) is 18. The first-order valence-corrected chi connectivity index (χ1v) is 30.7. The molecule has 0 bridgehead atoms. The lowest BCUT2D eigenvalue weighted by Gasteiger charge is -2.31. The minimum Gasteiger partial charge on any atom is -0.481 e. The van der Waals surface area contributed by atoms with Crippen LogP contribution in [0.25, 0.3) is 10.9 Å². The van der Waals surface area contributed by atoms with Gasteiger partial charge in [-0.15, -0.1) is 0 Å². The lowest BCUT2D eigenvalue weighted by atomic mass is 10.0. The van der Waals surface area contributed by atoms with Crippen molar-refractivity contribution in [2.75, 3.05) is 50.8 Å². The van der Waals surface area contributed by atoms with Crippen molar-refractivity contribution in [3.05, 3.63) is 36.0 Å². The van der Waals surface area contributed by atoms with E-state index in [0.29, 0.717) is 74.3 Å². The Morgan fingerprint density at radius 2 is 1.02 bits per heavy atom. The number of carboxylic acids is 2. The van der Waals surface area contributed by atoms with Crippen LogP contribution in [0.15, 0.2) is 35.5 Å². The quantitative estimate of drug-likeness (QED) is 0.0132. The summed E-state index contributed by atoms with van der Waals surface area (Å²) in [6, 6.07) is -6.03. The van der Waals surface area contributed by atoms with E-state index in [4.69, 9.17) is 34.4 Å². The van der Waals surface area contributed by atoms with E-state index in [0.717, 1.165) is 0 Å². The molecule has 1 aromatic carbocycles. The van der Waals surface area contributed by atoms with E-state index in [1.165, 1.54) is 9.80 Å². The Balaban J connectivity index is 1.62. The molecule has 2 fully saturated rings. The van der Waals surface area contributed by atoms with Gasteiger partial charge in [0.25, 0.3) is 0 Å². The van der Waals surface area contributed by atoms with Gasteiger partial charge in [0.2, 0.25) is 53.2 Å². The van der Waals surface area contributed by atoms with Gasteiger partial charge >= 0.3 is 11.9 Å². The Kier molecular flexibility index (Phi) is 31.1. The number of rotatable bonds is 39. The van der Waals surface area contributed by atoms with Gasteiger partial charge in [-0.2, -0.15) is 25.3 Å². The summed E-state index contributed by atoms with van der Waals surface area (Å²) in [5.74, 6) is -10.4. The Bertz CT molecular complexity index is 2700. The molecule has 87 heavy (non-hydrogen) atoms. The van der Waals surface area contributed by atoms with Crippen molar-refractivity contribution in [2.24, 2.45) is 39.4 Å². The van der Waals surface area contributed by atoms with Crippen LogP contribution in [0.2, 0.25) is 0 Å². The number of nitrogens with zero attached hydrogens (tertiary/aromatic N) is 3. The van der Waals surface area contributed by atoms with E-state index in [2.05, 4.69) is 72.5 Å². The van der Waals surface area contributed by atoms with Crippen molar-refractivity contribution >= 4 is 107 Å². The summed E-state index contributed by atoms with van der Waals surface area (Å²) in [6.45, 7) is 1.16. The maximum Gasteiger partial charge on any atom is 0.327 e. The van der Waals surface area contributed by atoms with Gasteiger partial charge in [-0.05, 0) is 128 Å². The highest BCUT2D eigenvalue weighted by Crippen LogP contribution is 2.24. The SMILES string of the molecule is NCCCC[C@H](NC(=O)[C@H](CC(=O)O)NC(=O)[C@H](Cc1c[nH]c2ccccc12)NC(=O)[C@H](CCCCN)NC(=O)[C@@H]1CCCN1C(=O)[C@H](CCCCN)NC(=O)[C@H](CCCN=C(N)N)NC(=O)[C@@H]1CCCN1C(=O)[C@@H](N)CS)C(=O)N[C@@H](CS)C(=O)O. The Hall–Kier alpha value is -7.26. The third kappa shape index (κ3) is 22.8. The fourth-order valence-corrected chi connectivity index (χ4v) is 10.7. The number of carboxylic acid groups (broad SMARTS) is 2. The van der Waals surface area contributed by atoms with Gasteiger partial charge in [0.15, 0.2) is 5.96 Å². The number of fused-ring (bicyclic) bond motifs is 1. The summed E-state index contributed by atoms with van der Waals surface area (Å²) in [5, 5.41) is 38.4. The normalized spacial score (nSPS) is 17.5. The van der Waals surface area contributed by atoms with Gasteiger partial charge in [-0.1, -0.05) is 18.2 Å². The second kappa shape index (κ2) is 37.4. The van der Waals surface area contributed by atoms with Gasteiger partial charge in [-0.25, -0.2) is 4.79 Å². The number of benzene rings is 1. The molecule has 30 nitrogen and oxygen atoms in total. The second-order valence-electron chi connectivity index (χ2n) is 21.6. The fraction of sp³-hybridized carbons (Fsp3) is 0.636. The zero-order chi connectivity index (χ0) is 64.2. The molecular weight excluding hydrogens is 1170 g/mol. The summed E-state index contributed by atoms with van der Waals surface area (Å²) in [4.78, 5) is 161. The predicted molar refractivity (Wildman–Crippen MR) is 329 cm³/mol. The number of aromatic amines is 1. The molecule has 484 valence electrons. The van der Waals surface area contributed by atoms with Crippen molar-refractivity contribution in [2.45, 2.75) is 170 Å². The maximum absolute atomic E-state index is 14.8. The number of thiol groups is 2. The molecule has 2 aliphatic rings. The Labute approximate surface area is 515 Å². The fourth-order valence-electron chi connectivity index (χ4n) is 10.3. The monoisotopic (exact) mass is 1260 g/mol. The maximum atomic E-state index is 14.8. The van der Waals surface area contributed by atoms with Crippen molar-refractivity contribution in [3.8, 4) is 0 Å². The molecular formula is C55H89N17O13S2. The van der Waals surface area contributed by atoms with Crippen LogP contribution in [0.3, 0.4) is 0 Å². The number of aromatic nitrogens is 1. The van der Waals surface area contributed by atoms with Crippen molar-refractivity contribution in [3.63, 3.8) is 0 Å². The molecule has 10 atom stereocenters. The van der Waals surface area contributed by atoms with E-state index in [1.807, 2.05) is 0 Å². The molecule has 2 aliphatic heterocycles. The molecule has 0 spiro atoms. The number of carbonyl (C=O) groups is 11. The summed E-state index contributed by atoms with van der Waals surface area (Å²) in [5.41, 5.74) is 35.6. The number of aliphatic imine (C=N–C) groups is 1. The number of aliphatic carboxylic acids is 2. The van der Waals surface area contributed by atoms with Crippen molar-refractivity contribution < 1.29 is 63.0 Å². The number of nitrogens with two attached hydrogens (primary N) is 6. The molecule has 0 unspecified atom stereocenters. The number of unbranched alkanes of at least 4 members (excludes halogenated alkanes) is 3. The number of H-pyrrole nitrogens is 1. The molecule has 2 aromatic rings. The molecule has 32 heteroatoms. The van der Waals surface area contributed by atoms with Crippen LogP contribution in [0.5, 0.6) is 0 Å². The van der Waals surface area contributed by atoms with Crippen molar-refractivity contribution in [1.29, 1.82) is 0 Å². The first-order valence-electron chi connectivity index (χ1n) is 29.4. The molecule has 0 aliphatic carbocycles. The van der Waals surface area contributed by atoms with Gasteiger partial charge in [0.1, 0.15) is 54.4 Å². The van der Waals surface area contributed by atoms with E-state index >= 15 is 0 Å². The minimum absolute atomic E-state index is 0.00664. The lowest BCUT2D eigenvalue weighted by molar-refractivity contribution is -0.143. The topological polar surface area (TPSA) is 503 Å². The number of amides is 9. The molecule has 2 saturated heterocycles. The standard InChI is InChI=1S/C55H89N17O13S2/c56-20-6-3-14-35(47(77)70-41(30-87)54(84)85)64-49(79)40(27-44(73)74)69-48(78)39(26-31-28-63-34-13-2-1-12-32(31)34)68-46(76)36(15-4-7-21-57)65-51(81)43-19-11-25-72(43)53(83)38(16-5-8-22-58)67-45(75)37(17-9-23-62-55(60)61)66-50(80)42-18-10-24-71(42)52(82)33(59)29-86/h1-2,12-13,28,33,35-43,63,86-87H,3-11,14-27,29-30,56-59H2,(H,64,79)(H,65,81)(H,66,80)(H,67,75)(H,68,76)(H,69,78)(H,70,77)(H,73,74)(H,84,85)(H4,60,61,62)/t33-,35-,36-,37-,38-,39-,40-,41-,42-,43-/m0/s1. The van der Waals surface area contributed by atoms with E-state index in [9.17, 15) is 63.0 Å². The number of hydrogen-bond acceptors (Lipinski definition) is 18. The summed E-state index contributed by atoms with van der Waals surface area (Å²) < 4.78 is 0. The number of carbonyl (C=O) groups excluding carboxylic acids is 9. The van der Waals surface area contributed by atoms with E-state index in [1.54, 1.807) is 30.5 Å². The average Bonchev–Trinajstić information content (AvgIpc) is 3.18. The zero-order valence-corrected chi connectivity index (χ0v) is 50.7. The van der Waals surface area contributed by atoms with E-state index in [-0.39, 0.29) is 102 Å². The summed E-state index contributed by atoms with van der Waals surface area (Å²) in [7, 11) is 0. The van der Waals surface area contributed by atoms with Gasteiger partial charge < -0.3 is 96.6 Å². The van der Waals surface area contributed by atoms with Crippen LogP contribution in [-0.4, -0.2) is 207 Å². The summed E-state index contributed by atoms with van der Waals surface area (Å²) >= 11 is 8.12. The van der Waals surface area contributed by atoms with Gasteiger partial charge in [0, 0.05) is 54.7 Å². The molecule has 0 radical (unpaired) electrons. The highest BCUT2D eigenvalue weighted by molar-refractivity contribution is 7.80. The van der Waals surface area contributed by atoms with Crippen LogP contribution >= 0.6 is 25.3 Å². The highest BCUT2D eigenvalue weighted by atomic mass is 32.1. The molecule has 0 saturated carbocycles. The number of nitrogens with one attached hydrogen (secondary N) is 8. The zero-order valence-electron chi connectivity index (χ0n) is 48.9. The largest absolute Gasteiger partial charge is 0.481 e. The lowest BCUT2D eigenvalue weighted by Crippen LogP contribution is -2.60. The summed E-state index contributed by atoms with van der Waals surface area (Å²) in [6.07, 6.45) is 4.25. The Morgan fingerprint density at radius 3 is 1.53 bits per heavy atom. The third-order valence-electron chi connectivity index (χ3n) is 15.0. The number of para-hydroxylation sites is 1. The van der Waals surface area contributed by atoms with Gasteiger partial charge in [-0.3, -0.25) is 52.9 Å².